The van der Waals surface area contributed by atoms with Crippen molar-refractivity contribution < 1.29 is 9.18 Å². The Morgan fingerprint density at radius 1 is 1.25 bits per heavy atom. The van der Waals surface area contributed by atoms with Crippen LogP contribution >= 0.6 is 11.3 Å². The highest BCUT2D eigenvalue weighted by Gasteiger charge is 2.30. The standard InChI is InChI=1S/C23H26FN5O2S/c1-14(21(30)25-17-6-7-17)29-10-8-28(9-11-29)12-19-26-22(31)20-18(13-32-23(20)27-19)15-2-4-16(24)5-3-15/h2-5,13-14,17H,6-12H2,1H3,(H,25,30)(H,26,27,31). The van der Waals surface area contributed by atoms with Crippen LogP contribution in [0, 0.1) is 5.82 Å². The van der Waals surface area contributed by atoms with Crippen molar-refractivity contribution in [3.63, 3.8) is 0 Å². The van der Waals surface area contributed by atoms with Crippen LogP contribution < -0.4 is 10.9 Å². The molecule has 0 bridgehead atoms. The summed E-state index contributed by atoms with van der Waals surface area (Å²) in [5, 5.41) is 5.53. The maximum atomic E-state index is 13.3. The zero-order valence-corrected chi connectivity index (χ0v) is 18.8. The number of rotatable bonds is 6. The molecule has 0 spiro atoms. The lowest BCUT2D eigenvalue weighted by Crippen LogP contribution is -2.54. The fraction of sp³-hybridized carbons (Fsp3) is 0.435. The molecule has 2 N–H and O–H groups in total. The number of hydrogen-bond acceptors (Lipinski definition) is 6. The highest BCUT2D eigenvalue weighted by Crippen LogP contribution is 2.30. The van der Waals surface area contributed by atoms with Crippen LogP contribution in [0.25, 0.3) is 21.3 Å². The molecule has 7 nitrogen and oxygen atoms in total. The second kappa shape index (κ2) is 8.73. The van der Waals surface area contributed by atoms with Crippen LogP contribution in [0.2, 0.25) is 0 Å². The van der Waals surface area contributed by atoms with Crippen molar-refractivity contribution in [3.8, 4) is 11.1 Å². The molecule has 32 heavy (non-hydrogen) atoms. The molecule has 1 amide bonds. The van der Waals surface area contributed by atoms with E-state index in [1.54, 1.807) is 12.1 Å². The van der Waals surface area contributed by atoms with Crippen molar-refractivity contribution in [2.75, 3.05) is 26.2 Å². The van der Waals surface area contributed by atoms with E-state index in [9.17, 15) is 14.0 Å². The number of H-pyrrole nitrogens is 1. The molecule has 2 aromatic heterocycles. The van der Waals surface area contributed by atoms with Gasteiger partial charge in [0.2, 0.25) is 5.91 Å². The van der Waals surface area contributed by atoms with Crippen LogP contribution in [0.15, 0.2) is 34.4 Å². The van der Waals surface area contributed by atoms with Crippen LogP contribution in [-0.2, 0) is 11.3 Å². The van der Waals surface area contributed by atoms with E-state index in [1.165, 1.54) is 23.5 Å². The number of amides is 1. The molecule has 1 unspecified atom stereocenters. The highest BCUT2D eigenvalue weighted by atomic mass is 32.1. The molecule has 3 heterocycles. The van der Waals surface area contributed by atoms with Crippen LogP contribution in [-0.4, -0.2) is 63.9 Å². The average Bonchev–Trinajstić information content (AvgIpc) is 3.50. The maximum absolute atomic E-state index is 13.3. The molecule has 2 aliphatic rings. The van der Waals surface area contributed by atoms with Gasteiger partial charge >= 0.3 is 0 Å². The van der Waals surface area contributed by atoms with Crippen molar-refractivity contribution in [2.24, 2.45) is 0 Å². The van der Waals surface area contributed by atoms with Crippen molar-refractivity contribution >= 4 is 27.5 Å². The Labute approximate surface area is 189 Å². The van der Waals surface area contributed by atoms with E-state index in [4.69, 9.17) is 0 Å². The summed E-state index contributed by atoms with van der Waals surface area (Å²) < 4.78 is 13.3. The Morgan fingerprint density at radius 3 is 2.66 bits per heavy atom. The number of nitrogens with zero attached hydrogens (tertiary/aromatic N) is 3. The van der Waals surface area contributed by atoms with Gasteiger partial charge in [0.05, 0.1) is 18.0 Å². The predicted molar refractivity (Wildman–Crippen MR) is 123 cm³/mol. The normalized spacial score (nSPS) is 18.7. The summed E-state index contributed by atoms with van der Waals surface area (Å²) in [4.78, 5) is 37.9. The lowest BCUT2D eigenvalue weighted by molar-refractivity contribution is -0.126. The van der Waals surface area contributed by atoms with Gasteiger partial charge in [0.25, 0.3) is 5.56 Å². The molecular formula is C23H26FN5O2S. The minimum atomic E-state index is -0.305. The van der Waals surface area contributed by atoms with Crippen LogP contribution in [0.4, 0.5) is 4.39 Å². The quantitative estimate of drug-likeness (QED) is 0.597. The molecule has 1 aliphatic heterocycles. The number of carbonyl (C=O) groups is 1. The third kappa shape index (κ3) is 4.46. The Hall–Kier alpha value is -2.62. The summed E-state index contributed by atoms with van der Waals surface area (Å²) in [6, 6.07) is 6.40. The predicted octanol–water partition coefficient (Wildman–Crippen LogP) is 2.58. The summed E-state index contributed by atoms with van der Waals surface area (Å²) >= 11 is 1.42. The zero-order valence-electron chi connectivity index (χ0n) is 17.9. The molecule has 1 saturated heterocycles. The average molecular weight is 456 g/mol. The monoisotopic (exact) mass is 455 g/mol. The van der Waals surface area contributed by atoms with Gasteiger partial charge in [-0.1, -0.05) is 12.1 Å². The summed E-state index contributed by atoms with van der Waals surface area (Å²) in [6.07, 6.45) is 2.19. The number of benzene rings is 1. The van der Waals surface area contributed by atoms with Gasteiger partial charge in [0, 0.05) is 43.2 Å². The molecule has 5 rings (SSSR count). The van der Waals surface area contributed by atoms with Gasteiger partial charge in [0.1, 0.15) is 16.5 Å². The number of hydrogen-bond donors (Lipinski definition) is 2. The first kappa shape index (κ1) is 21.2. The molecular weight excluding hydrogens is 429 g/mol. The zero-order chi connectivity index (χ0) is 22.2. The number of fused-ring (bicyclic) bond motifs is 1. The molecule has 9 heteroatoms. The van der Waals surface area contributed by atoms with E-state index >= 15 is 0 Å². The first-order chi connectivity index (χ1) is 15.5. The Kier molecular flexibility index (Phi) is 5.79. The minimum absolute atomic E-state index is 0.118. The number of halogens is 1. The van der Waals surface area contributed by atoms with Gasteiger partial charge < -0.3 is 10.3 Å². The van der Waals surface area contributed by atoms with E-state index in [0.717, 1.165) is 50.1 Å². The van der Waals surface area contributed by atoms with E-state index in [-0.39, 0.29) is 23.3 Å². The SMILES string of the molecule is CC(C(=O)NC1CC1)N1CCN(Cc2nc3scc(-c4ccc(F)cc4)c3c(=O)[nH]2)CC1. The van der Waals surface area contributed by atoms with Crippen LogP contribution in [0.3, 0.4) is 0 Å². The van der Waals surface area contributed by atoms with Crippen LogP contribution in [0.1, 0.15) is 25.6 Å². The highest BCUT2D eigenvalue weighted by molar-refractivity contribution is 7.17. The second-order valence-electron chi connectivity index (χ2n) is 8.62. The Balaban J connectivity index is 1.25. The third-order valence-electron chi connectivity index (χ3n) is 6.28. The van der Waals surface area contributed by atoms with Crippen LogP contribution in [0.5, 0.6) is 0 Å². The molecule has 1 saturated carbocycles. The first-order valence-corrected chi connectivity index (χ1v) is 11.9. The Bertz CT molecular complexity index is 1180. The number of piperazine rings is 1. The fourth-order valence-corrected chi connectivity index (χ4v) is 5.11. The molecule has 168 valence electrons. The fourth-order valence-electron chi connectivity index (χ4n) is 4.15. The number of nitrogens with one attached hydrogen (secondary N) is 2. The number of carbonyl (C=O) groups excluding carboxylic acids is 1. The van der Waals surface area contributed by atoms with Crippen molar-refractivity contribution in [1.82, 2.24) is 25.1 Å². The lowest BCUT2D eigenvalue weighted by Gasteiger charge is -2.37. The van der Waals surface area contributed by atoms with Gasteiger partial charge in [-0.15, -0.1) is 11.3 Å². The minimum Gasteiger partial charge on any atom is -0.352 e. The van der Waals surface area contributed by atoms with E-state index in [1.807, 2.05) is 12.3 Å². The first-order valence-electron chi connectivity index (χ1n) is 11.0. The third-order valence-corrected chi connectivity index (χ3v) is 7.15. The maximum Gasteiger partial charge on any atom is 0.260 e. The molecule has 1 atom stereocenters. The molecule has 1 aromatic carbocycles. The van der Waals surface area contributed by atoms with Gasteiger partial charge in [-0.25, -0.2) is 9.37 Å². The summed E-state index contributed by atoms with van der Waals surface area (Å²) in [5.41, 5.74) is 1.40. The second-order valence-corrected chi connectivity index (χ2v) is 9.48. The van der Waals surface area contributed by atoms with Gasteiger partial charge in [-0.2, -0.15) is 0 Å². The summed E-state index contributed by atoms with van der Waals surface area (Å²) in [7, 11) is 0. The Morgan fingerprint density at radius 2 is 1.97 bits per heavy atom. The number of thiophene rings is 1. The topological polar surface area (TPSA) is 81.3 Å². The van der Waals surface area contributed by atoms with Crippen molar-refractivity contribution in [2.45, 2.75) is 38.4 Å². The molecule has 1 aliphatic carbocycles. The van der Waals surface area contributed by atoms with E-state index in [0.29, 0.717) is 28.6 Å². The van der Waals surface area contributed by atoms with E-state index < -0.39 is 0 Å². The van der Waals surface area contributed by atoms with Gasteiger partial charge in [0.15, 0.2) is 0 Å². The van der Waals surface area contributed by atoms with Crippen molar-refractivity contribution in [3.05, 3.63) is 51.6 Å². The van der Waals surface area contributed by atoms with Gasteiger partial charge in [-0.3, -0.25) is 19.4 Å². The largest absolute Gasteiger partial charge is 0.352 e. The summed E-state index contributed by atoms with van der Waals surface area (Å²) in [5.74, 6) is 0.454. The molecule has 3 aromatic rings. The van der Waals surface area contributed by atoms with E-state index in [2.05, 4.69) is 25.1 Å². The number of aromatic amines is 1. The summed E-state index contributed by atoms with van der Waals surface area (Å²) in [6.45, 7) is 5.77. The number of aromatic nitrogens is 2. The molecule has 0 radical (unpaired) electrons. The molecule has 2 fully saturated rings. The lowest BCUT2D eigenvalue weighted by atomic mass is 10.1. The van der Waals surface area contributed by atoms with Gasteiger partial charge in [-0.05, 0) is 37.5 Å². The smallest absolute Gasteiger partial charge is 0.260 e. The van der Waals surface area contributed by atoms with Crippen molar-refractivity contribution in [1.29, 1.82) is 0 Å².